The number of ether oxygens (including phenoxy) is 1. The minimum Gasteiger partial charge on any atom is -0.385 e. The average Bonchev–Trinajstić information content (AvgIpc) is 3.14. The Labute approximate surface area is 143 Å². The molecule has 2 heterocycles. The molecule has 122 valence electrons. The molecule has 0 spiro atoms. The fraction of sp³-hybridized carbons (Fsp3) is 0.375. The maximum Gasteiger partial charge on any atom is 0.263 e. The first-order valence-corrected chi connectivity index (χ1v) is 8.52. The highest BCUT2D eigenvalue weighted by atomic mass is 35.5. The van der Waals surface area contributed by atoms with Gasteiger partial charge in [-0.3, -0.25) is 4.79 Å². The first kappa shape index (κ1) is 16.4. The quantitative estimate of drug-likeness (QED) is 0.887. The van der Waals surface area contributed by atoms with Gasteiger partial charge in [0.2, 0.25) is 0 Å². The molecule has 2 atom stereocenters. The molecule has 3 rings (SSSR count). The Kier molecular flexibility index (Phi) is 4.68. The number of halogens is 1. The lowest BCUT2D eigenvalue weighted by Crippen LogP contribution is -2.47. The topological polar surface area (TPSA) is 71.5 Å². The van der Waals surface area contributed by atoms with Gasteiger partial charge < -0.3 is 15.2 Å². The highest BCUT2D eigenvalue weighted by Crippen LogP contribution is 2.31. The van der Waals surface area contributed by atoms with E-state index in [2.05, 4.69) is 10.3 Å². The summed E-state index contributed by atoms with van der Waals surface area (Å²) in [7, 11) is 0. The van der Waals surface area contributed by atoms with Gasteiger partial charge in [-0.05, 0) is 13.0 Å². The Morgan fingerprint density at radius 1 is 1.57 bits per heavy atom. The molecular formula is C16H17ClN2O3S. The molecule has 0 saturated carbocycles. The van der Waals surface area contributed by atoms with E-state index in [9.17, 15) is 9.90 Å². The summed E-state index contributed by atoms with van der Waals surface area (Å²) in [6.07, 6.45) is 1.75. The number of hydrogen-bond acceptors (Lipinski definition) is 5. The third kappa shape index (κ3) is 3.40. The maximum absolute atomic E-state index is 12.3. The van der Waals surface area contributed by atoms with Crippen molar-refractivity contribution in [1.29, 1.82) is 0 Å². The van der Waals surface area contributed by atoms with Crippen molar-refractivity contribution in [1.82, 2.24) is 10.3 Å². The number of rotatable bonds is 4. The van der Waals surface area contributed by atoms with Gasteiger partial charge in [-0.2, -0.15) is 0 Å². The lowest BCUT2D eigenvalue weighted by Gasteiger charge is -2.25. The van der Waals surface area contributed by atoms with Crippen LogP contribution in [0, 0.1) is 0 Å². The highest BCUT2D eigenvalue weighted by Gasteiger charge is 2.39. The second-order valence-corrected chi connectivity index (χ2v) is 7.00. The van der Waals surface area contributed by atoms with Crippen LogP contribution in [-0.4, -0.2) is 40.9 Å². The molecular weight excluding hydrogens is 336 g/mol. The third-order valence-corrected chi connectivity index (χ3v) is 5.41. The van der Waals surface area contributed by atoms with Gasteiger partial charge in [0.15, 0.2) is 0 Å². The van der Waals surface area contributed by atoms with Gasteiger partial charge in [-0.15, -0.1) is 11.3 Å². The predicted octanol–water partition coefficient (Wildman–Crippen LogP) is 2.73. The van der Waals surface area contributed by atoms with Crippen LogP contribution in [0.15, 0.2) is 30.5 Å². The predicted molar refractivity (Wildman–Crippen MR) is 89.9 cm³/mol. The molecule has 7 heteroatoms. The molecule has 1 aliphatic heterocycles. The van der Waals surface area contributed by atoms with Crippen LogP contribution in [0.4, 0.5) is 0 Å². The van der Waals surface area contributed by atoms with Crippen molar-refractivity contribution in [2.75, 3.05) is 13.2 Å². The molecule has 5 nitrogen and oxygen atoms in total. The maximum atomic E-state index is 12.3. The molecule has 23 heavy (non-hydrogen) atoms. The number of carbonyl (C=O) groups is 1. The zero-order valence-electron chi connectivity index (χ0n) is 12.6. The number of nitrogens with one attached hydrogen (secondary N) is 1. The Morgan fingerprint density at radius 2 is 2.35 bits per heavy atom. The molecule has 0 radical (unpaired) electrons. The number of hydrogen-bond donors (Lipinski definition) is 2. The second kappa shape index (κ2) is 6.57. The van der Waals surface area contributed by atoms with Crippen LogP contribution < -0.4 is 5.32 Å². The van der Waals surface area contributed by atoms with Crippen molar-refractivity contribution in [3.8, 4) is 10.6 Å². The van der Waals surface area contributed by atoms with E-state index in [0.717, 1.165) is 5.56 Å². The summed E-state index contributed by atoms with van der Waals surface area (Å²) in [4.78, 5) is 17.0. The molecule has 1 saturated heterocycles. The molecule has 2 aromatic rings. The Bertz CT molecular complexity index is 721. The molecule has 0 bridgehead atoms. The van der Waals surface area contributed by atoms with Gasteiger partial charge in [-0.1, -0.05) is 29.8 Å². The summed E-state index contributed by atoms with van der Waals surface area (Å²) >= 11 is 7.42. The normalized spacial score (nSPS) is 23.9. The zero-order chi connectivity index (χ0) is 16.4. The summed E-state index contributed by atoms with van der Waals surface area (Å²) in [6, 6.07) is 7.37. The first-order chi connectivity index (χ1) is 11.0. The SMILES string of the molecule is C[C@@H]1OCC[C@]1(O)CNC(=O)c1cnc(-c2ccccc2Cl)s1. The van der Waals surface area contributed by atoms with E-state index in [0.29, 0.717) is 27.9 Å². The standard InChI is InChI=1S/C16H17ClN2O3S/c1-10-16(21,6-7-22-10)9-19-14(20)13-8-18-15(23-13)11-4-2-3-5-12(11)17/h2-5,8,10,21H,6-7,9H2,1H3,(H,19,20)/t10-,16-/m0/s1. The Hall–Kier alpha value is -1.47. The number of amides is 1. The summed E-state index contributed by atoms with van der Waals surface area (Å²) in [5.74, 6) is -0.256. The van der Waals surface area contributed by atoms with Crippen LogP contribution in [-0.2, 0) is 4.74 Å². The van der Waals surface area contributed by atoms with E-state index < -0.39 is 5.60 Å². The Morgan fingerprint density at radius 3 is 3.04 bits per heavy atom. The number of nitrogens with zero attached hydrogens (tertiary/aromatic N) is 1. The van der Waals surface area contributed by atoms with E-state index in [4.69, 9.17) is 16.3 Å². The van der Waals surface area contributed by atoms with E-state index in [-0.39, 0.29) is 18.6 Å². The van der Waals surface area contributed by atoms with Crippen molar-refractivity contribution in [2.45, 2.75) is 25.0 Å². The molecule has 1 amide bonds. The zero-order valence-corrected chi connectivity index (χ0v) is 14.2. The number of aromatic nitrogens is 1. The van der Waals surface area contributed by atoms with Crippen molar-refractivity contribution >= 4 is 28.8 Å². The van der Waals surface area contributed by atoms with E-state index in [1.54, 1.807) is 13.0 Å². The molecule has 1 aromatic carbocycles. The van der Waals surface area contributed by atoms with Gasteiger partial charge in [0.1, 0.15) is 15.5 Å². The van der Waals surface area contributed by atoms with Crippen molar-refractivity contribution in [2.24, 2.45) is 0 Å². The summed E-state index contributed by atoms with van der Waals surface area (Å²) in [5, 5.41) is 14.5. The lowest BCUT2D eigenvalue weighted by molar-refractivity contribution is -0.0251. The largest absolute Gasteiger partial charge is 0.385 e. The van der Waals surface area contributed by atoms with Gasteiger partial charge in [0, 0.05) is 25.1 Å². The van der Waals surface area contributed by atoms with Gasteiger partial charge in [0.05, 0.1) is 17.3 Å². The summed E-state index contributed by atoms with van der Waals surface area (Å²) in [6.45, 7) is 2.47. The highest BCUT2D eigenvalue weighted by molar-refractivity contribution is 7.17. The lowest BCUT2D eigenvalue weighted by atomic mass is 9.97. The van der Waals surface area contributed by atoms with Crippen LogP contribution in [0.5, 0.6) is 0 Å². The minimum atomic E-state index is -1.01. The summed E-state index contributed by atoms with van der Waals surface area (Å²) < 4.78 is 5.36. The van der Waals surface area contributed by atoms with Crippen LogP contribution in [0.3, 0.4) is 0 Å². The smallest absolute Gasteiger partial charge is 0.263 e. The Balaban J connectivity index is 1.68. The average molecular weight is 353 g/mol. The van der Waals surface area contributed by atoms with Crippen molar-refractivity contribution in [3.05, 3.63) is 40.4 Å². The molecule has 1 aliphatic rings. The van der Waals surface area contributed by atoms with E-state index in [1.165, 1.54) is 17.5 Å². The summed E-state index contributed by atoms with van der Waals surface area (Å²) in [5.41, 5.74) is -0.207. The number of aliphatic hydroxyl groups is 1. The third-order valence-electron chi connectivity index (χ3n) is 4.05. The van der Waals surface area contributed by atoms with Crippen LogP contribution in [0.2, 0.25) is 5.02 Å². The second-order valence-electron chi connectivity index (χ2n) is 5.56. The van der Waals surface area contributed by atoms with Gasteiger partial charge >= 0.3 is 0 Å². The molecule has 1 fully saturated rings. The monoisotopic (exact) mass is 352 g/mol. The van der Waals surface area contributed by atoms with Crippen LogP contribution in [0.25, 0.3) is 10.6 Å². The minimum absolute atomic E-state index is 0.159. The molecule has 1 aromatic heterocycles. The fourth-order valence-corrected chi connectivity index (χ4v) is 3.61. The van der Waals surface area contributed by atoms with Gasteiger partial charge in [-0.25, -0.2) is 4.98 Å². The van der Waals surface area contributed by atoms with Crippen LogP contribution in [0.1, 0.15) is 23.0 Å². The number of carbonyl (C=O) groups excluding carboxylic acids is 1. The van der Waals surface area contributed by atoms with E-state index >= 15 is 0 Å². The molecule has 0 aliphatic carbocycles. The number of thiazole rings is 1. The first-order valence-electron chi connectivity index (χ1n) is 7.32. The van der Waals surface area contributed by atoms with Crippen LogP contribution >= 0.6 is 22.9 Å². The molecule has 0 unspecified atom stereocenters. The van der Waals surface area contributed by atoms with Crippen molar-refractivity contribution in [3.63, 3.8) is 0 Å². The van der Waals surface area contributed by atoms with Crippen molar-refractivity contribution < 1.29 is 14.6 Å². The number of benzene rings is 1. The molecule has 2 N–H and O–H groups in total. The fourth-order valence-electron chi connectivity index (χ4n) is 2.46. The van der Waals surface area contributed by atoms with E-state index in [1.807, 2.05) is 18.2 Å². The van der Waals surface area contributed by atoms with Gasteiger partial charge in [0.25, 0.3) is 5.91 Å².